The Balaban J connectivity index is 3.27. The van der Waals surface area contributed by atoms with Crippen molar-refractivity contribution in [3.05, 3.63) is 34.3 Å². The van der Waals surface area contributed by atoms with E-state index in [2.05, 4.69) is 0 Å². The summed E-state index contributed by atoms with van der Waals surface area (Å²) in [4.78, 5) is 21.5. The summed E-state index contributed by atoms with van der Waals surface area (Å²) in [6.45, 7) is 1.34. The molecular weight excluding hydrogens is 192 g/mol. The number of carboxylic acids is 1. The number of carboxylic acid groups (broad SMARTS) is 1. The molecule has 0 fully saturated rings. The number of benzene rings is 1. The molecule has 0 bridgehead atoms. The van der Waals surface area contributed by atoms with Crippen molar-refractivity contribution in [2.24, 2.45) is 0 Å². The lowest BCUT2D eigenvalue weighted by molar-refractivity contribution is 0.0697. The van der Waals surface area contributed by atoms with Crippen molar-refractivity contribution in [1.29, 1.82) is 0 Å². The molecular formula is C9H7ClO3. The van der Waals surface area contributed by atoms with E-state index in [4.69, 9.17) is 16.7 Å². The SMILES string of the molecule is CC(=O)c1cc(C(=O)O)ccc1Cl. The lowest BCUT2D eigenvalue weighted by Crippen LogP contribution is -2.00. The van der Waals surface area contributed by atoms with Crippen molar-refractivity contribution in [2.75, 3.05) is 0 Å². The van der Waals surface area contributed by atoms with Crippen molar-refractivity contribution >= 4 is 23.4 Å². The second-order valence-corrected chi connectivity index (χ2v) is 2.96. The standard InChI is InChI=1S/C9H7ClO3/c1-5(11)7-4-6(9(12)13)2-3-8(7)10/h2-4H,1H3,(H,12,13). The molecule has 0 amide bonds. The molecule has 0 aromatic heterocycles. The van der Waals surface area contributed by atoms with E-state index in [0.29, 0.717) is 0 Å². The first-order valence-electron chi connectivity index (χ1n) is 3.56. The quantitative estimate of drug-likeness (QED) is 0.742. The first-order chi connectivity index (χ1) is 6.02. The second kappa shape index (κ2) is 3.58. The number of hydrogen-bond acceptors (Lipinski definition) is 2. The van der Waals surface area contributed by atoms with Gasteiger partial charge in [-0.05, 0) is 25.1 Å². The van der Waals surface area contributed by atoms with E-state index in [0.717, 1.165) is 0 Å². The van der Waals surface area contributed by atoms with Crippen LogP contribution in [0.4, 0.5) is 0 Å². The first-order valence-corrected chi connectivity index (χ1v) is 3.94. The van der Waals surface area contributed by atoms with E-state index in [1.54, 1.807) is 0 Å². The van der Waals surface area contributed by atoms with Crippen molar-refractivity contribution in [2.45, 2.75) is 6.92 Å². The van der Waals surface area contributed by atoms with Crippen LogP contribution in [0, 0.1) is 0 Å². The molecule has 0 aliphatic carbocycles. The lowest BCUT2D eigenvalue weighted by Gasteiger charge is -2.00. The number of Topliss-reactive ketones (excluding diaryl/α,β-unsaturated/α-hetero) is 1. The van der Waals surface area contributed by atoms with E-state index in [-0.39, 0.29) is 21.9 Å². The highest BCUT2D eigenvalue weighted by atomic mass is 35.5. The number of carbonyl (C=O) groups excluding carboxylic acids is 1. The molecule has 0 saturated heterocycles. The molecule has 0 unspecified atom stereocenters. The largest absolute Gasteiger partial charge is 0.478 e. The van der Waals surface area contributed by atoms with Crippen LogP contribution in [0.2, 0.25) is 5.02 Å². The molecule has 13 heavy (non-hydrogen) atoms. The molecule has 0 spiro atoms. The van der Waals surface area contributed by atoms with Gasteiger partial charge in [0.05, 0.1) is 10.6 Å². The Kier molecular flexibility index (Phi) is 2.68. The third kappa shape index (κ3) is 2.06. The molecule has 0 aliphatic heterocycles. The maximum Gasteiger partial charge on any atom is 0.335 e. The highest BCUT2D eigenvalue weighted by molar-refractivity contribution is 6.34. The molecule has 1 aromatic carbocycles. The number of hydrogen-bond donors (Lipinski definition) is 1. The second-order valence-electron chi connectivity index (χ2n) is 2.56. The summed E-state index contributed by atoms with van der Waals surface area (Å²) in [6, 6.07) is 4.03. The van der Waals surface area contributed by atoms with Crippen LogP contribution >= 0.6 is 11.6 Å². The smallest absolute Gasteiger partial charge is 0.335 e. The van der Waals surface area contributed by atoms with Crippen LogP contribution in [-0.4, -0.2) is 16.9 Å². The number of ketones is 1. The molecule has 1 aromatic rings. The van der Waals surface area contributed by atoms with Gasteiger partial charge in [-0.25, -0.2) is 4.79 Å². The molecule has 0 heterocycles. The highest BCUT2D eigenvalue weighted by Crippen LogP contribution is 2.18. The maximum atomic E-state index is 11.0. The van der Waals surface area contributed by atoms with Crippen LogP contribution < -0.4 is 0 Å². The average Bonchev–Trinajstić information content (AvgIpc) is 2.04. The zero-order valence-corrected chi connectivity index (χ0v) is 7.63. The fraction of sp³-hybridized carbons (Fsp3) is 0.111. The van der Waals surface area contributed by atoms with Crippen molar-refractivity contribution < 1.29 is 14.7 Å². The zero-order valence-electron chi connectivity index (χ0n) is 6.87. The minimum absolute atomic E-state index is 0.0644. The van der Waals surface area contributed by atoms with E-state index < -0.39 is 5.97 Å². The number of aromatic carboxylic acids is 1. The Labute approximate surface area is 79.9 Å². The van der Waals surface area contributed by atoms with Gasteiger partial charge in [0.2, 0.25) is 0 Å². The van der Waals surface area contributed by atoms with Gasteiger partial charge in [-0.3, -0.25) is 4.79 Å². The fourth-order valence-corrected chi connectivity index (χ4v) is 1.18. The minimum atomic E-state index is -1.07. The fourth-order valence-electron chi connectivity index (χ4n) is 0.928. The molecule has 0 atom stereocenters. The lowest BCUT2D eigenvalue weighted by atomic mass is 10.1. The van der Waals surface area contributed by atoms with E-state index in [9.17, 15) is 9.59 Å². The van der Waals surface area contributed by atoms with Crippen molar-refractivity contribution in [1.82, 2.24) is 0 Å². The molecule has 0 aliphatic rings. The summed E-state index contributed by atoms with van der Waals surface area (Å²) in [6.07, 6.45) is 0. The van der Waals surface area contributed by atoms with Crippen molar-refractivity contribution in [3.8, 4) is 0 Å². The molecule has 68 valence electrons. The van der Waals surface area contributed by atoms with Gasteiger partial charge in [-0.1, -0.05) is 11.6 Å². The van der Waals surface area contributed by atoms with Crippen molar-refractivity contribution in [3.63, 3.8) is 0 Å². The number of carbonyl (C=O) groups is 2. The summed E-state index contributed by atoms with van der Waals surface area (Å²) in [7, 11) is 0. The Hall–Kier alpha value is -1.35. The highest BCUT2D eigenvalue weighted by Gasteiger charge is 2.09. The van der Waals surface area contributed by atoms with Gasteiger partial charge in [0, 0.05) is 5.56 Å². The topological polar surface area (TPSA) is 54.4 Å². The molecule has 1 N–H and O–H groups in total. The number of rotatable bonds is 2. The molecule has 3 nitrogen and oxygen atoms in total. The third-order valence-corrected chi connectivity index (χ3v) is 1.92. The van der Waals surface area contributed by atoms with E-state index in [1.165, 1.54) is 25.1 Å². The van der Waals surface area contributed by atoms with Crippen LogP contribution in [0.25, 0.3) is 0 Å². The molecule has 0 saturated carbocycles. The van der Waals surface area contributed by atoms with E-state index >= 15 is 0 Å². The zero-order chi connectivity index (χ0) is 10.0. The molecule has 4 heteroatoms. The molecule has 1 rings (SSSR count). The van der Waals surface area contributed by atoms with Gasteiger partial charge >= 0.3 is 5.97 Å². The van der Waals surface area contributed by atoms with Crippen LogP contribution in [0.15, 0.2) is 18.2 Å². The number of halogens is 1. The summed E-state index contributed by atoms with van der Waals surface area (Å²) in [5.41, 5.74) is 0.302. The minimum Gasteiger partial charge on any atom is -0.478 e. The summed E-state index contributed by atoms with van der Waals surface area (Å²) < 4.78 is 0. The van der Waals surface area contributed by atoms with Crippen LogP contribution in [0.5, 0.6) is 0 Å². The predicted octanol–water partition coefficient (Wildman–Crippen LogP) is 2.24. The van der Waals surface area contributed by atoms with Gasteiger partial charge in [0.1, 0.15) is 0 Å². The third-order valence-electron chi connectivity index (χ3n) is 1.59. The Morgan fingerprint density at radius 2 is 2.00 bits per heavy atom. The summed E-state index contributed by atoms with van der Waals surface area (Å²) in [5.74, 6) is -1.31. The van der Waals surface area contributed by atoms with Gasteiger partial charge in [0.25, 0.3) is 0 Å². The Morgan fingerprint density at radius 1 is 1.38 bits per heavy atom. The van der Waals surface area contributed by atoms with Gasteiger partial charge < -0.3 is 5.11 Å². The Morgan fingerprint density at radius 3 is 2.46 bits per heavy atom. The maximum absolute atomic E-state index is 11.0. The Bertz CT molecular complexity index is 371. The van der Waals surface area contributed by atoms with E-state index in [1.807, 2.05) is 0 Å². The summed E-state index contributed by atoms with van der Waals surface area (Å²) in [5, 5.41) is 8.90. The van der Waals surface area contributed by atoms with Gasteiger partial charge in [-0.15, -0.1) is 0 Å². The normalized spacial score (nSPS) is 9.69. The van der Waals surface area contributed by atoms with Crippen LogP contribution in [0.3, 0.4) is 0 Å². The first kappa shape index (κ1) is 9.74. The summed E-state index contributed by atoms with van der Waals surface area (Å²) >= 11 is 5.68. The monoisotopic (exact) mass is 198 g/mol. The average molecular weight is 199 g/mol. The van der Waals surface area contributed by atoms with Gasteiger partial charge in [-0.2, -0.15) is 0 Å². The van der Waals surface area contributed by atoms with Crippen LogP contribution in [0.1, 0.15) is 27.6 Å². The predicted molar refractivity (Wildman–Crippen MR) is 48.4 cm³/mol. The molecule has 0 radical (unpaired) electrons. The van der Waals surface area contributed by atoms with Crippen LogP contribution in [-0.2, 0) is 0 Å². The van der Waals surface area contributed by atoms with Gasteiger partial charge in [0.15, 0.2) is 5.78 Å².